The van der Waals surface area contributed by atoms with Crippen LogP contribution in [0.15, 0.2) is 66.9 Å². The Bertz CT molecular complexity index is 988. The highest BCUT2D eigenvalue weighted by atomic mass is 19.1. The van der Waals surface area contributed by atoms with Crippen LogP contribution in [0.4, 0.5) is 21.6 Å². The van der Waals surface area contributed by atoms with Crippen molar-refractivity contribution < 1.29 is 14.0 Å². The molecular weight excluding hydrogens is 371 g/mol. The van der Waals surface area contributed by atoms with Gasteiger partial charge in [-0.05, 0) is 60.5 Å². The van der Waals surface area contributed by atoms with E-state index >= 15 is 0 Å². The number of halogens is 1. The quantitative estimate of drug-likeness (QED) is 0.566. The van der Waals surface area contributed by atoms with E-state index in [-0.39, 0.29) is 17.6 Å². The second-order valence-corrected chi connectivity index (χ2v) is 6.45. The molecule has 0 aliphatic carbocycles. The van der Waals surface area contributed by atoms with E-state index < -0.39 is 0 Å². The lowest BCUT2D eigenvalue weighted by Gasteiger charge is -2.09. The summed E-state index contributed by atoms with van der Waals surface area (Å²) in [4.78, 5) is 27.8. The van der Waals surface area contributed by atoms with Crippen molar-refractivity contribution in [3.63, 3.8) is 0 Å². The molecule has 148 valence electrons. The smallest absolute Gasteiger partial charge is 0.255 e. The predicted molar refractivity (Wildman–Crippen MR) is 112 cm³/mol. The van der Waals surface area contributed by atoms with Crippen LogP contribution in [0.25, 0.3) is 0 Å². The molecule has 0 saturated carbocycles. The van der Waals surface area contributed by atoms with E-state index in [0.717, 1.165) is 5.56 Å². The molecule has 6 nitrogen and oxygen atoms in total. The van der Waals surface area contributed by atoms with Gasteiger partial charge < -0.3 is 16.0 Å². The minimum Gasteiger partial charge on any atom is -0.370 e. The van der Waals surface area contributed by atoms with E-state index in [1.54, 1.807) is 54.7 Å². The van der Waals surface area contributed by atoms with Crippen LogP contribution in [0, 0.1) is 5.82 Å². The molecule has 0 aliphatic rings. The Kier molecular flexibility index (Phi) is 6.52. The van der Waals surface area contributed by atoms with Crippen LogP contribution in [0.5, 0.6) is 0 Å². The summed E-state index contributed by atoms with van der Waals surface area (Å²) in [7, 11) is 0. The first-order valence-electron chi connectivity index (χ1n) is 9.13. The molecule has 0 bridgehead atoms. The third-order valence-electron chi connectivity index (χ3n) is 4.12. The van der Waals surface area contributed by atoms with Crippen molar-refractivity contribution in [3.8, 4) is 0 Å². The minimum absolute atomic E-state index is 0.155. The lowest BCUT2D eigenvalue weighted by Crippen LogP contribution is -2.13. The highest BCUT2D eigenvalue weighted by Gasteiger charge is 2.08. The third kappa shape index (κ3) is 6.14. The number of nitrogens with one attached hydrogen (secondary N) is 3. The number of carbonyl (C=O) groups excluding carboxylic acids is 2. The molecule has 7 heteroatoms. The molecule has 0 unspecified atom stereocenters. The normalized spacial score (nSPS) is 10.3. The first-order chi connectivity index (χ1) is 14.0. The highest BCUT2D eigenvalue weighted by molar-refractivity contribution is 6.04. The van der Waals surface area contributed by atoms with Crippen LogP contribution in [0.1, 0.15) is 22.8 Å². The number of anilines is 3. The van der Waals surface area contributed by atoms with Gasteiger partial charge in [-0.3, -0.25) is 9.59 Å². The van der Waals surface area contributed by atoms with Crippen LogP contribution in [-0.4, -0.2) is 23.3 Å². The Balaban J connectivity index is 1.55. The zero-order valence-electron chi connectivity index (χ0n) is 15.9. The Labute approximate surface area is 168 Å². The highest BCUT2D eigenvalue weighted by Crippen LogP contribution is 2.15. The summed E-state index contributed by atoms with van der Waals surface area (Å²) in [6, 6.07) is 16.5. The van der Waals surface area contributed by atoms with E-state index in [1.807, 2.05) is 0 Å². The second-order valence-electron chi connectivity index (χ2n) is 6.45. The van der Waals surface area contributed by atoms with E-state index in [4.69, 9.17) is 0 Å². The van der Waals surface area contributed by atoms with Gasteiger partial charge in [0.05, 0.1) is 0 Å². The molecule has 0 fully saturated rings. The average Bonchev–Trinajstić information content (AvgIpc) is 2.71. The van der Waals surface area contributed by atoms with E-state index in [2.05, 4.69) is 20.9 Å². The van der Waals surface area contributed by atoms with E-state index in [1.165, 1.54) is 19.1 Å². The average molecular weight is 392 g/mol. The number of nitrogens with zero attached hydrogens (tertiary/aromatic N) is 1. The molecule has 29 heavy (non-hydrogen) atoms. The van der Waals surface area contributed by atoms with Crippen molar-refractivity contribution >= 4 is 29.0 Å². The summed E-state index contributed by atoms with van der Waals surface area (Å²) in [5.41, 5.74) is 2.75. The maximum absolute atomic E-state index is 12.9. The molecule has 1 heterocycles. The molecule has 0 atom stereocenters. The monoisotopic (exact) mass is 392 g/mol. The van der Waals surface area contributed by atoms with Gasteiger partial charge in [0, 0.05) is 36.6 Å². The third-order valence-corrected chi connectivity index (χ3v) is 4.12. The number of rotatable bonds is 7. The van der Waals surface area contributed by atoms with E-state index in [9.17, 15) is 14.0 Å². The molecule has 3 N–H and O–H groups in total. The summed E-state index contributed by atoms with van der Waals surface area (Å²) in [6.07, 6.45) is 2.27. The largest absolute Gasteiger partial charge is 0.370 e. The van der Waals surface area contributed by atoms with Crippen LogP contribution < -0.4 is 16.0 Å². The number of hydrogen-bond acceptors (Lipinski definition) is 4. The fraction of sp³-hybridized carbons (Fsp3) is 0.136. The zero-order chi connectivity index (χ0) is 20.6. The van der Waals surface area contributed by atoms with Crippen molar-refractivity contribution in [1.82, 2.24) is 4.98 Å². The molecule has 1 aromatic heterocycles. The summed E-state index contributed by atoms with van der Waals surface area (Å²) in [5, 5.41) is 8.65. The zero-order valence-corrected chi connectivity index (χ0v) is 15.9. The van der Waals surface area contributed by atoms with Gasteiger partial charge in [0.15, 0.2) is 0 Å². The number of hydrogen-bond donors (Lipinski definition) is 3. The van der Waals surface area contributed by atoms with Gasteiger partial charge in [-0.2, -0.15) is 0 Å². The Morgan fingerprint density at radius 3 is 2.24 bits per heavy atom. The van der Waals surface area contributed by atoms with Gasteiger partial charge in [0.1, 0.15) is 11.6 Å². The first-order valence-corrected chi connectivity index (χ1v) is 9.13. The van der Waals surface area contributed by atoms with Crippen molar-refractivity contribution in [2.45, 2.75) is 13.3 Å². The predicted octanol–water partition coefficient (Wildman–Crippen LogP) is 4.09. The SMILES string of the molecule is CC(=O)Nc1ccc(NC(=O)c2ccnc(NCCc3ccc(F)cc3)c2)cc1. The van der Waals surface area contributed by atoms with Gasteiger partial charge in [-0.25, -0.2) is 9.37 Å². The summed E-state index contributed by atoms with van der Waals surface area (Å²) in [6.45, 7) is 2.04. The van der Waals surface area contributed by atoms with E-state index in [0.29, 0.717) is 35.7 Å². The first kappa shape index (κ1) is 20.0. The molecule has 0 saturated heterocycles. The fourth-order valence-corrected chi connectivity index (χ4v) is 2.70. The number of carbonyl (C=O) groups is 2. The molecule has 3 rings (SSSR count). The summed E-state index contributed by atoms with van der Waals surface area (Å²) >= 11 is 0. The van der Waals surface area contributed by atoms with Crippen LogP contribution in [0.3, 0.4) is 0 Å². The number of pyridine rings is 1. The van der Waals surface area contributed by atoms with Crippen LogP contribution in [0.2, 0.25) is 0 Å². The van der Waals surface area contributed by atoms with Crippen molar-refractivity contribution in [2.24, 2.45) is 0 Å². The van der Waals surface area contributed by atoms with Crippen molar-refractivity contribution in [1.29, 1.82) is 0 Å². The Morgan fingerprint density at radius 2 is 1.59 bits per heavy atom. The molecule has 2 amide bonds. The van der Waals surface area contributed by atoms with Gasteiger partial charge in [-0.15, -0.1) is 0 Å². The van der Waals surface area contributed by atoms with Gasteiger partial charge >= 0.3 is 0 Å². The van der Waals surface area contributed by atoms with Crippen molar-refractivity contribution in [3.05, 3.63) is 83.8 Å². The Morgan fingerprint density at radius 1 is 0.931 bits per heavy atom. The number of aromatic nitrogens is 1. The Hall–Kier alpha value is -3.74. The maximum atomic E-state index is 12.9. The topological polar surface area (TPSA) is 83.1 Å². The van der Waals surface area contributed by atoms with Gasteiger partial charge in [0.2, 0.25) is 5.91 Å². The lowest BCUT2D eigenvalue weighted by molar-refractivity contribution is -0.114. The molecular formula is C22H21FN4O2. The standard InChI is InChI=1S/C22H21FN4O2/c1-15(28)26-19-6-8-20(9-7-19)27-22(29)17-11-13-25-21(14-17)24-12-10-16-2-4-18(23)5-3-16/h2-9,11,13-14H,10,12H2,1H3,(H,24,25)(H,26,28)(H,27,29). The van der Waals surface area contributed by atoms with Gasteiger partial charge in [0.25, 0.3) is 5.91 Å². The van der Waals surface area contributed by atoms with Crippen LogP contribution >= 0.6 is 0 Å². The number of amides is 2. The molecule has 0 radical (unpaired) electrons. The molecule has 0 spiro atoms. The summed E-state index contributed by atoms with van der Waals surface area (Å²) in [5.74, 6) is -0.0908. The molecule has 3 aromatic rings. The van der Waals surface area contributed by atoms with Gasteiger partial charge in [-0.1, -0.05) is 12.1 Å². The molecule has 2 aromatic carbocycles. The fourth-order valence-electron chi connectivity index (χ4n) is 2.70. The minimum atomic E-state index is -0.263. The second kappa shape index (κ2) is 9.45. The van der Waals surface area contributed by atoms with Crippen molar-refractivity contribution in [2.75, 3.05) is 22.5 Å². The van der Waals surface area contributed by atoms with Crippen LogP contribution in [-0.2, 0) is 11.2 Å². The lowest BCUT2D eigenvalue weighted by atomic mass is 10.1. The maximum Gasteiger partial charge on any atom is 0.255 e. The molecule has 0 aliphatic heterocycles. The number of benzene rings is 2. The summed E-state index contributed by atoms with van der Waals surface area (Å²) < 4.78 is 12.9.